The highest BCUT2D eigenvalue weighted by atomic mass is 79.9. The van der Waals surface area contributed by atoms with Gasteiger partial charge in [-0.05, 0) is 59.9 Å². The Morgan fingerprint density at radius 1 is 0.850 bits per heavy atom. The van der Waals surface area contributed by atoms with E-state index in [1.807, 2.05) is 12.1 Å². The third kappa shape index (κ3) is 7.94. The Morgan fingerprint density at radius 3 is 1.85 bits per heavy atom. The first-order chi connectivity index (χ1) is 9.61. The van der Waals surface area contributed by atoms with Gasteiger partial charge in [0.15, 0.2) is 0 Å². The summed E-state index contributed by atoms with van der Waals surface area (Å²) in [6.45, 7) is 1.14. The highest BCUT2D eigenvalue weighted by Gasteiger charge is 1.94. The molecule has 20 heavy (non-hydrogen) atoms. The Hall–Kier alpha value is -0.500. The molecule has 0 unspecified atom stereocenters. The van der Waals surface area contributed by atoms with Crippen LogP contribution >= 0.6 is 47.8 Å². The van der Waals surface area contributed by atoms with E-state index in [1.54, 1.807) is 31.9 Å². The van der Waals surface area contributed by atoms with Crippen molar-refractivity contribution >= 4 is 47.8 Å². The highest BCUT2D eigenvalue weighted by Crippen LogP contribution is 2.15. The van der Waals surface area contributed by atoms with Gasteiger partial charge < -0.3 is 9.47 Å². The molecule has 0 radical (unpaired) electrons. The van der Waals surface area contributed by atoms with Crippen LogP contribution < -0.4 is 4.74 Å². The fourth-order valence-corrected chi connectivity index (χ4v) is 2.48. The largest absolute Gasteiger partial charge is 0.490 e. The molecule has 2 rings (SSSR count). The van der Waals surface area contributed by atoms with Crippen molar-refractivity contribution in [3.8, 4) is 5.75 Å². The summed E-state index contributed by atoms with van der Waals surface area (Å²) in [5, 5.41) is 0. The Labute approximate surface area is 143 Å². The van der Waals surface area contributed by atoms with Crippen molar-refractivity contribution in [2.24, 2.45) is 0 Å². The fraction of sp³-hybridized carbons (Fsp3) is 0.231. The first-order valence-corrected chi connectivity index (χ1v) is 7.98. The number of aromatic nitrogens is 2. The summed E-state index contributed by atoms with van der Waals surface area (Å²) in [6, 6.07) is 3.80. The van der Waals surface area contributed by atoms with Crippen molar-refractivity contribution in [1.82, 2.24) is 9.97 Å². The third-order valence-electron chi connectivity index (χ3n) is 1.91. The number of nitrogens with zero attached hydrogens (tertiary/aromatic N) is 2. The van der Waals surface area contributed by atoms with Crippen LogP contribution in [0, 0.1) is 0 Å². The second-order valence-corrected chi connectivity index (χ2v) is 6.25. The van der Waals surface area contributed by atoms with E-state index in [0.29, 0.717) is 13.2 Å². The maximum Gasteiger partial charge on any atom is 0.138 e. The Morgan fingerprint density at radius 2 is 1.40 bits per heavy atom. The zero-order valence-electron chi connectivity index (χ0n) is 10.7. The van der Waals surface area contributed by atoms with Gasteiger partial charge in [0.05, 0.1) is 12.8 Å². The number of methoxy groups -OCH3 is 1. The predicted octanol–water partition coefficient (Wildman–Crippen LogP) is 4.48. The van der Waals surface area contributed by atoms with Crippen LogP contribution in [-0.4, -0.2) is 30.3 Å². The molecule has 0 saturated heterocycles. The van der Waals surface area contributed by atoms with Crippen LogP contribution in [0.2, 0.25) is 0 Å². The molecular weight excluding hydrogens is 456 g/mol. The summed E-state index contributed by atoms with van der Waals surface area (Å²) in [6.07, 6.45) is 6.86. The highest BCUT2D eigenvalue weighted by molar-refractivity contribution is 9.11. The van der Waals surface area contributed by atoms with E-state index in [4.69, 9.17) is 9.47 Å². The van der Waals surface area contributed by atoms with E-state index < -0.39 is 0 Å². The molecule has 2 aromatic heterocycles. The Kier molecular flexibility index (Phi) is 9.00. The van der Waals surface area contributed by atoms with E-state index in [-0.39, 0.29) is 0 Å². The van der Waals surface area contributed by atoms with Crippen molar-refractivity contribution in [2.45, 2.75) is 0 Å². The van der Waals surface area contributed by atoms with Crippen molar-refractivity contribution in [2.75, 3.05) is 20.3 Å². The summed E-state index contributed by atoms with van der Waals surface area (Å²) in [7, 11) is 1.64. The van der Waals surface area contributed by atoms with Gasteiger partial charge in [-0.2, -0.15) is 0 Å². The van der Waals surface area contributed by atoms with Gasteiger partial charge in [-0.15, -0.1) is 0 Å². The third-order valence-corrected chi connectivity index (χ3v) is 3.21. The lowest BCUT2D eigenvalue weighted by atomic mass is 10.5. The molecule has 0 fully saturated rings. The van der Waals surface area contributed by atoms with Crippen molar-refractivity contribution in [1.29, 1.82) is 0 Å². The number of ether oxygens (including phenoxy) is 2. The molecule has 4 nitrogen and oxygen atoms in total. The van der Waals surface area contributed by atoms with Gasteiger partial charge in [0, 0.05) is 39.1 Å². The fourth-order valence-electron chi connectivity index (χ4n) is 1.10. The van der Waals surface area contributed by atoms with Gasteiger partial charge in [0.25, 0.3) is 0 Å². The molecule has 7 heteroatoms. The van der Waals surface area contributed by atoms with Gasteiger partial charge in [0.1, 0.15) is 12.4 Å². The molecule has 0 spiro atoms. The second-order valence-electron chi connectivity index (χ2n) is 3.50. The predicted molar refractivity (Wildman–Crippen MR) is 88.9 cm³/mol. The van der Waals surface area contributed by atoms with Crippen molar-refractivity contribution in [3.05, 3.63) is 50.3 Å². The minimum absolute atomic E-state index is 0.550. The number of hydrogen-bond donors (Lipinski definition) is 0. The van der Waals surface area contributed by atoms with Gasteiger partial charge in [-0.1, -0.05) is 0 Å². The summed E-state index contributed by atoms with van der Waals surface area (Å²) in [5.74, 6) is 0.751. The first kappa shape index (κ1) is 17.6. The molecule has 0 aliphatic heterocycles. The molecule has 0 N–H and O–H groups in total. The Balaban J connectivity index is 0.000000217. The maximum absolute atomic E-state index is 5.31. The van der Waals surface area contributed by atoms with Gasteiger partial charge in [0.2, 0.25) is 0 Å². The van der Waals surface area contributed by atoms with Crippen molar-refractivity contribution in [3.63, 3.8) is 0 Å². The lowest BCUT2D eigenvalue weighted by Crippen LogP contribution is -2.04. The zero-order chi connectivity index (χ0) is 14.8. The molecule has 0 aliphatic rings. The van der Waals surface area contributed by atoms with E-state index in [2.05, 4.69) is 57.8 Å². The maximum atomic E-state index is 5.31. The summed E-state index contributed by atoms with van der Waals surface area (Å²) < 4.78 is 13.0. The van der Waals surface area contributed by atoms with Crippen LogP contribution in [0.1, 0.15) is 0 Å². The minimum Gasteiger partial charge on any atom is -0.490 e. The van der Waals surface area contributed by atoms with E-state index >= 15 is 0 Å². The average molecular weight is 469 g/mol. The SMILES string of the molecule is Brc1cncc(Br)c1.COCCOc1cncc(Br)c1. The number of rotatable bonds is 4. The molecule has 2 aromatic rings. The quantitative estimate of drug-likeness (QED) is 0.621. The molecule has 0 aromatic carbocycles. The number of halogens is 3. The normalized spacial score (nSPS) is 9.60. The molecule has 108 valence electrons. The van der Waals surface area contributed by atoms with Crippen LogP contribution in [0.15, 0.2) is 50.3 Å². The monoisotopic (exact) mass is 466 g/mol. The lowest BCUT2D eigenvalue weighted by molar-refractivity contribution is 0.146. The second kappa shape index (κ2) is 10.3. The topological polar surface area (TPSA) is 44.2 Å². The number of pyridine rings is 2. The smallest absolute Gasteiger partial charge is 0.138 e. The number of hydrogen-bond acceptors (Lipinski definition) is 4. The minimum atomic E-state index is 0.550. The standard InChI is InChI=1S/C8H10BrNO2.C5H3Br2N/c1-11-2-3-12-8-4-7(9)5-10-6-8;6-4-1-5(7)3-8-2-4/h4-6H,2-3H2,1H3;1-3H. The summed E-state index contributed by atoms with van der Waals surface area (Å²) in [4.78, 5) is 7.84. The van der Waals surface area contributed by atoms with Crippen molar-refractivity contribution < 1.29 is 9.47 Å². The van der Waals surface area contributed by atoms with Crippen LogP contribution in [0.5, 0.6) is 5.75 Å². The van der Waals surface area contributed by atoms with Gasteiger partial charge >= 0.3 is 0 Å². The average Bonchev–Trinajstić information content (AvgIpc) is 2.39. The zero-order valence-corrected chi connectivity index (χ0v) is 15.5. The molecule has 0 saturated carbocycles. The summed E-state index contributed by atoms with van der Waals surface area (Å²) >= 11 is 9.84. The molecule has 2 heterocycles. The Bertz CT molecular complexity index is 509. The lowest BCUT2D eigenvalue weighted by Gasteiger charge is -2.04. The van der Waals surface area contributed by atoms with Gasteiger partial charge in [-0.3, -0.25) is 9.97 Å². The molecule has 0 amide bonds. The molecule has 0 atom stereocenters. The van der Waals surface area contributed by atoms with Gasteiger partial charge in [-0.25, -0.2) is 0 Å². The first-order valence-electron chi connectivity index (χ1n) is 5.60. The van der Waals surface area contributed by atoms with Crippen LogP contribution in [-0.2, 0) is 4.74 Å². The molecular formula is C13H13Br3N2O2. The molecule has 0 aliphatic carbocycles. The van der Waals surface area contributed by atoms with Crippen LogP contribution in [0.25, 0.3) is 0 Å². The van der Waals surface area contributed by atoms with E-state index in [0.717, 1.165) is 19.2 Å². The summed E-state index contributed by atoms with van der Waals surface area (Å²) in [5.41, 5.74) is 0. The van der Waals surface area contributed by atoms with Crippen LogP contribution in [0.4, 0.5) is 0 Å². The van der Waals surface area contributed by atoms with E-state index in [1.165, 1.54) is 0 Å². The molecule has 0 bridgehead atoms. The van der Waals surface area contributed by atoms with Crippen LogP contribution in [0.3, 0.4) is 0 Å². The van der Waals surface area contributed by atoms with E-state index in [9.17, 15) is 0 Å².